The van der Waals surface area contributed by atoms with Gasteiger partial charge in [-0.1, -0.05) is 24.3 Å². The highest BCUT2D eigenvalue weighted by atomic mass is 16.6. The molecule has 0 unspecified atom stereocenters. The topological polar surface area (TPSA) is 107 Å². The molecule has 2 aromatic carbocycles. The maximum Gasteiger partial charge on any atom is 0.280 e. The van der Waals surface area contributed by atoms with E-state index in [0.29, 0.717) is 11.3 Å². The van der Waals surface area contributed by atoms with Crippen molar-refractivity contribution in [1.82, 2.24) is 0 Å². The molecule has 0 aromatic heterocycles. The lowest BCUT2D eigenvalue weighted by Crippen LogP contribution is -2.23. The Morgan fingerprint density at radius 1 is 1.12 bits per heavy atom. The monoisotopic (exact) mass is 350 g/mol. The third-order valence-electron chi connectivity index (χ3n) is 4.21. The van der Waals surface area contributed by atoms with Gasteiger partial charge in [0.25, 0.3) is 5.69 Å². The zero-order valence-corrected chi connectivity index (χ0v) is 14.1. The van der Waals surface area contributed by atoms with Crippen LogP contribution in [0.2, 0.25) is 0 Å². The minimum absolute atomic E-state index is 0.0980. The molecule has 1 aliphatic rings. The molecule has 0 aliphatic heterocycles. The maximum atomic E-state index is 12.7. The zero-order chi connectivity index (χ0) is 19.0. The molecule has 130 valence electrons. The van der Waals surface area contributed by atoms with Crippen LogP contribution in [0.3, 0.4) is 0 Å². The first-order valence-corrected chi connectivity index (χ1v) is 7.83. The molecule has 0 radical (unpaired) electrons. The number of carbonyl (C=O) groups is 3. The van der Waals surface area contributed by atoms with Crippen LogP contribution in [0.1, 0.15) is 40.1 Å². The zero-order valence-electron chi connectivity index (χ0n) is 14.1. The quantitative estimate of drug-likeness (QED) is 0.364. The minimum Gasteiger partial charge on any atom is -0.299 e. The minimum atomic E-state index is -1.19. The van der Waals surface area contributed by atoms with Gasteiger partial charge in [0.2, 0.25) is 0 Å². The Morgan fingerprint density at radius 2 is 1.81 bits per heavy atom. The predicted molar refractivity (Wildman–Crippen MR) is 94.2 cm³/mol. The first-order valence-electron chi connectivity index (χ1n) is 7.83. The summed E-state index contributed by atoms with van der Waals surface area (Å²) in [6, 6.07) is 10.7. The van der Waals surface area contributed by atoms with Crippen molar-refractivity contribution in [2.24, 2.45) is 10.9 Å². The van der Waals surface area contributed by atoms with Gasteiger partial charge < -0.3 is 0 Å². The Kier molecular flexibility index (Phi) is 4.29. The summed E-state index contributed by atoms with van der Waals surface area (Å²) in [5, 5.41) is 11.3. The highest BCUT2D eigenvalue weighted by Gasteiger charge is 2.43. The molecule has 0 heterocycles. The molecule has 7 heteroatoms. The molecule has 7 nitrogen and oxygen atoms in total. The second-order valence-electron chi connectivity index (χ2n) is 5.97. The molecule has 1 atom stereocenters. The molecular weight excluding hydrogens is 336 g/mol. The number of benzene rings is 2. The van der Waals surface area contributed by atoms with Gasteiger partial charge in [-0.25, -0.2) is 0 Å². The number of nitro benzene ring substituents is 1. The van der Waals surface area contributed by atoms with E-state index in [1.54, 1.807) is 24.3 Å². The Balaban J connectivity index is 2.23. The fourth-order valence-corrected chi connectivity index (χ4v) is 3.02. The van der Waals surface area contributed by atoms with Crippen LogP contribution < -0.4 is 0 Å². The largest absolute Gasteiger partial charge is 0.299 e. The molecule has 2 aromatic rings. The van der Waals surface area contributed by atoms with Gasteiger partial charge in [-0.05, 0) is 26.0 Å². The van der Waals surface area contributed by atoms with Crippen molar-refractivity contribution in [3.8, 4) is 0 Å². The van der Waals surface area contributed by atoms with Gasteiger partial charge in [0, 0.05) is 17.2 Å². The van der Waals surface area contributed by atoms with Crippen molar-refractivity contribution in [2.75, 3.05) is 0 Å². The van der Waals surface area contributed by atoms with Crippen LogP contribution >= 0.6 is 0 Å². The summed E-state index contributed by atoms with van der Waals surface area (Å²) in [7, 11) is 0. The van der Waals surface area contributed by atoms with E-state index >= 15 is 0 Å². The molecule has 0 N–H and O–H groups in total. The Hall–Kier alpha value is -3.48. The van der Waals surface area contributed by atoms with E-state index in [1.165, 1.54) is 32.0 Å². The number of nitrogens with zero attached hydrogens (tertiary/aromatic N) is 2. The van der Waals surface area contributed by atoms with Crippen LogP contribution in [0.15, 0.2) is 47.5 Å². The van der Waals surface area contributed by atoms with Crippen LogP contribution in [-0.2, 0) is 4.79 Å². The lowest BCUT2D eigenvalue weighted by molar-refractivity contribution is -0.385. The maximum absolute atomic E-state index is 12.7. The van der Waals surface area contributed by atoms with E-state index in [-0.39, 0.29) is 28.3 Å². The average Bonchev–Trinajstić information content (AvgIpc) is 2.87. The van der Waals surface area contributed by atoms with E-state index in [9.17, 15) is 24.5 Å². The first-order chi connectivity index (χ1) is 12.3. The fourth-order valence-electron chi connectivity index (χ4n) is 3.02. The lowest BCUT2D eigenvalue weighted by atomic mass is 9.98. The van der Waals surface area contributed by atoms with Crippen LogP contribution in [0.25, 0.3) is 0 Å². The lowest BCUT2D eigenvalue weighted by Gasteiger charge is -2.07. The normalized spacial score (nSPS) is 17.2. The van der Waals surface area contributed by atoms with Crippen molar-refractivity contribution >= 4 is 34.4 Å². The second-order valence-corrected chi connectivity index (χ2v) is 5.97. The van der Waals surface area contributed by atoms with Gasteiger partial charge in [-0.3, -0.25) is 29.5 Å². The fraction of sp³-hybridized carbons (Fsp3) is 0.158. The Morgan fingerprint density at radius 3 is 2.42 bits per heavy atom. The van der Waals surface area contributed by atoms with E-state index in [1.807, 2.05) is 0 Å². The third-order valence-corrected chi connectivity index (χ3v) is 4.21. The van der Waals surface area contributed by atoms with E-state index in [0.717, 1.165) is 0 Å². The van der Waals surface area contributed by atoms with Gasteiger partial charge in [-0.15, -0.1) is 0 Å². The molecule has 0 bridgehead atoms. The number of hydrogen-bond donors (Lipinski definition) is 0. The number of fused-ring (bicyclic) bond motifs is 1. The van der Waals surface area contributed by atoms with Gasteiger partial charge in [0.1, 0.15) is 17.3 Å². The number of ketones is 3. The number of hydrogen-bond acceptors (Lipinski definition) is 6. The van der Waals surface area contributed by atoms with Crippen LogP contribution in [0.5, 0.6) is 0 Å². The molecule has 0 saturated carbocycles. The Bertz CT molecular complexity index is 1010. The summed E-state index contributed by atoms with van der Waals surface area (Å²) in [6.07, 6.45) is 0. The molecule has 0 fully saturated rings. The van der Waals surface area contributed by atoms with Crippen molar-refractivity contribution in [3.63, 3.8) is 0 Å². The standard InChI is InChI=1S/C19H14N2O5/c1-10(22)12-5-3-6-13(9-12)20-18-14-7-4-8-15(21(25)26)17(14)19(24)16(18)11(2)23/h3-9,16H,1-2H3/t16-/m1/s1. The van der Waals surface area contributed by atoms with Gasteiger partial charge >= 0.3 is 0 Å². The highest BCUT2D eigenvalue weighted by molar-refractivity contribution is 6.38. The van der Waals surface area contributed by atoms with Gasteiger partial charge in [0.15, 0.2) is 11.6 Å². The van der Waals surface area contributed by atoms with Crippen LogP contribution in [-0.4, -0.2) is 28.0 Å². The molecule has 26 heavy (non-hydrogen) atoms. The summed E-state index contributed by atoms with van der Waals surface area (Å²) in [5.41, 5.74) is 0.834. The third kappa shape index (κ3) is 2.83. The number of aliphatic imine (C=N–C) groups is 1. The molecule has 1 aliphatic carbocycles. The number of Topliss-reactive ketones (excluding diaryl/α,β-unsaturated/α-hetero) is 3. The first kappa shape index (κ1) is 17.3. The average molecular weight is 350 g/mol. The number of carbonyl (C=O) groups excluding carboxylic acids is 3. The summed E-state index contributed by atoms with van der Waals surface area (Å²) < 4.78 is 0. The number of rotatable bonds is 4. The smallest absolute Gasteiger partial charge is 0.280 e. The summed E-state index contributed by atoms with van der Waals surface area (Å²) in [5.74, 6) is -2.40. The van der Waals surface area contributed by atoms with Crippen LogP contribution in [0.4, 0.5) is 11.4 Å². The van der Waals surface area contributed by atoms with Gasteiger partial charge in [0.05, 0.1) is 16.3 Å². The van der Waals surface area contributed by atoms with Crippen LogP contribution in [0, 0.1) is 16.0 Å². The molecule has 3 rings (SSSR count). The summed E-state index contributed by atoms with van der Waals surface area (Å²) in [4.78, 5) is 51.3. The van der Waals surface area contributed by atoms with E-state index in [4.69, 9.17) is 0 Å². The highest BCUT2D eigenvalue weighted by Crippen LogP contribution is 2.35. The van der Waals surface area contributed by atoms with Gasteiger partial charge in [-0.2, -0.15) is 0 Å². The van der Waals surface area contributed by atoms with Crippen molar-refractivity contribution in [1.29, 1.82) is 0 Å². The molecular formula is C19H14N2O5. The predicted octanol–water partition coefficient (Wildman–Crippen LogP) is 3.32. The van der Waals surface area contributed by atoms with Crippen molar-refractivity contribution < 1.29 is 19.3 Å². The summed E-state index contributed by atoms with van der Waals surface area (Å²) in [6.45, 7) is 2.67. The van der Waals surface area contributed by atoms with Crippen molar-refractivity contribution in [3.05, 3.63) is 69.3 Å². The SMILES string of the molecule is CC(=O)c1cccc(N=C2c3cccc([N+](=O)[O-])c3C(=O)[C@@H]2C(C)=O)c1. The van der Waals surface area contributed by atoms with E-state index < -0.39 is 22.4 Å². The molecule has 0 amide bonds. The van der Waals surface area contributed by atoms with Crippen molar-refractivity contribution in [2.45, 2.75) is 13.8 Å². The summed E-state index contributed by atoms with van der Waals surface area (Å²) >= 11 is 0. The second kappa shape index (κ2) is 6.44. The molecule has 0 spiro atoms. The van der Waals surface area contributed by atoms with E-state index in [2.05, 4.69) is 4.99 Å². The number of nitro groups is 1. The molecule has 0 saturated heterocycles. The Labute approximate surface area is 148 Å².